The largest absolute Gasteiger partial charge is 0.273 e. The van der Waals surface area contributed by atoms with E-state index in [0.717, 1.165) is 16.8 Å². The third kappa shape index (κ3) is 5.21. The van der Waals surface area contributed by atoms with E-state index in [1.54, 1.807) is 30.3 Å². The van der Waals surface area contributed by atoms with E-state index in [-0.39, 0.29) is 11.4 Å². The summed E-state index contributed by atoms with van der Waals surface area (Å²) in [5.74, 6) is 1.18. The number of halogens is 1. The third-order valence-electron chi connectivity index (χ3n) is 4.80. The number of hydrogen-bond acceptors (Lipinski definition) is 5. The van der Waals surface area contributed by atoms with Gasteiger partial charge in [0.05, 0.1) is 17.1 Å². The summed E-state index contributed by atoms with van der Waals surface area (Å²) < 4.78 is 29.9. The molecule has 0 saturated heterocycles. The predicted molar refractivity (Wildman–Crippen MR) is 128 cm³/mol. The summed E-state index contributed by atoms with van der Waals surface area (Å²) in [6, 6.07) is 23.9. The minimum atomic E-state index is -3.69. The molecule has 0 radical (unpaired) electrons. The van der Waals surface area contributed by atoms with Crippen LogP contribution in [0.5, 0.6) is 0 Å². The zero-order valence-corrected chi connectivity index (χ0v) is 19.7. The van der Waals surface area contributed by atoms with Crippen LogP contribution in [0, 0.1) is 6.92 Å². The molecule has 1 aromatic heterocycles. The van der Waals surface area contributed by atoms with E-state index in [4.69, 9.17) is 11.6 Å². The Morgan fingerprint density at radius 1 is 0.969 bits per heavy atom. The first kappa shape index (κ1) is 22.5. The summed E-state index contributed by atoms with van der Waals surface area (Å²) in [5, 5.41) is 9.88. The van der Waals surface area contributed by atoms with Crippen LogP contribution in [0.1, 0.15) is 17.0 Å². The Balaban J connectivity index is 1.66. The number of benzene rings is 3. The monoisotopic (exact) mass is 484 g/mol. The summed E-state index contributed by atoms with van der Waals surface area (Å²) in [7, 11) is -3.69. The van der Waals surface area contributed by atoms with E-state index in [0.29, 0.717) is 21.8 Å². The number of hydrogen-bond donors (Lipinski definition) is 1. The fourth-order valence-corrected chi connectivity index (χ4v) is 5.23. The molecule has 0 bridgehead atoms. The SMILES string of the molecule is Cc1ccc(Cl)cc1-n1c(CNS(=O)(=O)c2ccccc2)nnc1SCc1ccccc1. The van der Waals surface area contributed by atoms with Crippen LogP contribution in [0.25, 0.3) is 5.69 Å². The van der Waals surface area contributed by atoms with Crippen LogP contribution < -0.4 is 4.72 Å². The molecule has 0 aliphatic rings. The quantitative estimate of drug-likeness (QED) is 0.356. The molecule has 0 aliphatic carbocycles. The number of aromatic nitrogens is 3. The maximum absolute atomic E-state index is 12.7. The van der Waals surface area contributed by atoms with E-state index in [1.165, 1.54) is 11.8 Å². The molecule has 0 aliphatic heterocycles. The van der Waals surface area contributed by atoms with E-state index in [9.17, 15) is 8.42 Å². The summed E-state index contributed by atoms with van der Waals surface area (Å²) in [5.41, 5.74) is 2.94. The molecule has 6 nitrogen and oxygen atoms in total. The van der Waals surface area contributed by atoms with Gasteiger partial charge in [0.25, 0.3) is 0 Å². The Bertz CT molecular complexity index is 1310. The highest BCUT2D eigenvalue weighted by Crippen LogP contribution is 2.28. The van der Waals surface area contributed by atoms with Gasteiger partial charge in [0.1, 0.15) is 0 Å². The molecule has 1 N–H and O–H groups in total. The molecule has 4 aromatic rings. The topological polar surface area (TPSA) is 76.9 Å². The van der Waals surface area contributed by atoms with Crippen LogP contribution in [-0.2, 0) is 22.3 Å². The highest BCUT2D eigenvalue weighted by Gasteiger charge is 2.20. The average molecular weight is 485 g/mol. The second-order valence-electron chi connectivity index (χ2n) is 7.08. The van der Waals surface area contributed by atoms with Crippen molar-refractivity contribution in [2.24, 2.45) is 0 Å². The summed E-state index contributed by atoms with van der Waals surface area (Å²) in [4.78, 5) is 0.198. The highest BCUT2D eigenvalue weighted by molar-refractivity contribution is 7.98. The summed E-state index contributed by atoms with van der Waals surface area (Å²) in [6.45, 7) is 1.96. The lowest BCUT2D eigenvalue weighted by atomic mass is 10.2. The standard InChI is InChI=1S/C23H21ClN4O2S2/c1-17-12-13-19(24)14-21(17)28-22(15-25-32(29,30)20-10-6-3-7-11-20)26-27-23(28)31-16-18-8-4-2-5-9-18/h2-14,25H,15-16H2,1H3. The van der Waals surface area contributed by atoms with Crippen LogP contribution in [0.2, 0.25) is 5.02 Å². The Morgan fingerprint density at radius 2 is 1.66 bits per heavy atom. The number of nitrogens with zero attached hydrogens (tertiary/aromatic N) is 3. The first-order chi connectivity index (χ1) is 15.4. The van der Waals surface area contributed by atoms with Gasteiger partial charge in [-0.15, -0.1) is 10.2 Å². The van der Waals surface area contributed by atoms with Crippen LogP contribution in [0.4, 0.5) is 0 Å². The van der Waals surface area contributed by atoms with Crippen LogP contribution >= 0.6 is 23.4 Å². The molecule has 0 spiro atoms. The van der Waals surface area contributed by atoms with Crippen molar-refractivity contribution in [2.45, 2.75) is 29.3 Å². The first-order valence-electron chi connectivity index (χ1n) is 9.86. The van der Waals surface area contributed by atoms with E-state index < -0.39 is 10.0 Å². The van der Waals surface area contributed by atoms with E-state index >= 15 is 0 Å². The van der Waals surface area contributed by atoms with Gasteiger partial charge < -0.3 is 0 Å². The van der Waals surface area contributed by atoms with Crippen molar-refractivity contribution in [1.82, 2.24) is 19.5 Å². The van der Waals surface area contributed by atoms with Crippen LogP contribution in [-0.4, -0.2) is 23.2 Å². The molecule has 0 amide bonds. The molecule has 3 aromatic carbocycles. The minimum absolute atomic E-state index is 0.0118. The van der Waals surface area contributed by atoms with Crippen molar-refractivity contribution >= 4 is 33.4 Å². The van der Waals surface area contributed by atoms with Gasteiger partial charge >= 0.3 is 0 Å². The van der Waals surface area contributed by atoms with Crippen molar-refractivity contribution in [1.29, 1.82) is 0 Å². The number of thioether (sulfide) groups is 1. The fourth-order valence-electron chi connectivity index (χ4n) is 3.14. The molecule has 0 fully saturated rings. The van der Waals surface area contributed by atoms with Crippen molar-refractivity contribution in [3.63, 3.8) is 0 Å². The zero-order chi connectivity index (χ0) is 22.6. The van der Waals surface area contributed by atoms with Crippen molar-refractivity contribution < 1.29 is 8.42 Å². The zero-order valence-electron chi connectivity index (χ0n) is 17.3. The van der Waals surface area contributed by atoms with Crippen LogP contribution in [0.3, 0.4) is 0 Å². The lowest BCUT2D eigenvalue weighted by Crippen LogP contribution is -2.25. The molecule has 0 saturated carbocycles. The third-order valence-corrected chi connectivity index (χ3v) is 7.45. The number of aryl methyl sites for hydroxylation is 1. The molecule has 0 atom stereocenters. The molecule has 32 heavy (non-hydrogen) atoms. The van der Waals surface area contributed by atoms with E-state index in [2.05, 4.69) is 14.9 Å². The smallest absolute Gasteiger partial charge is 0.240 e. The Labute approximate surface area is 196 Å². The molecule has 4 rings (SSSR count). The van der Waals surface area contributed by atoms with Crippen LogP contribution in [0.15, 0.2) is 88.9 Å². The molecule has 0 unspecified atom stereocenters. The van der Waals surface area contributed by atoms with Gasteiger partial charge in [0.15, 0.2) is 11.0 Å². The molecule has 1 heterocycles. The van der Waals surface area contributed by atoms with Gasteiger partial charge in [0, 0.05) is 10.8 Å². The summed E-state index contributed by atoms with van der Waals surface area (Å²) >= 11 is 7.80. The maximum atomic E-state index is 12.7. The summed E-state index contributed by atoms with van der Waals surface area (Å²) in [6.07, 6.45) is 0. The van der Waals surface area contributed by atoms with Gasteiger partial charge in [-0.25, -0.2) is 13.1 Å². The highest BCUT2D eigenvalue weighted by atomic mass is 35.5. The second-order valence-corrected chi connectivity index (χ2v) is 10.2. The first-order valence-corrected chi connectivity index (χ1v) is 12.7. The number of nitrogens with one attached hydrogen (secondary N) is 1. The van der Waals surface area contributed by atoms with Gasteiger partial charge in [-0.3, -0.25) is 4.57 Å². The Hall–Kier alpha value is -2.65. The van der Waals surface area contributed by atoms with Crippen molar-refractivity contribution in [2.75, 3.05) is 0 Å². The lowest BCUT2D eigenvalue weighted by molar-refractivity contribution is 0.578. The Morgan fingerprint density at radius 3 is 2.38 bits per heavy atom. The molecule has 164 valence electrons. The van der Waals surface area contributed by atoms with Crippen molar-refractivity contribution in [3.05, 3.63) is 101 Å². The molecule has 9 heteroatoms. The van der Waals surface area contributed by atoms with Gasteiger partial charge in [0.2, 0.25) is 10.0 Å². The number of rotatable bonds is 8. The van der Waals surface area contributed by atoms with E-state index in [1.807, 2.05) is 60.0 Å². The number of sulfonamides is 1. The van der Waals surface area contributed by atoms with Gasteiger partial charge in [-0.1, -0.05) is 78.0 Å². The van der Waals surface area contributed by atoms with Crippen molar-refractivity contribution in [3.8, 4) is 5.69 Å². The average Bonchev–Trinajstić information content (AvgIpc) is 3.22. The van der Waals surface area contributed by atoms with Gasteiger partial charge in [-0.05, 0) is 42.3 Å². The fraction of sp³-hybridized carbons (Fsp3) is 0.130. The molecular formula is C23H21ClN4O2S2. The Kier molecular flexibility index (Phi) is 6.95. The predicted octanol–water partition coefficient (Wildman–Crippen LogP) is 5.00. The molecular weight excluding hydrogens is 464 g/mol. The minimum Gasteiger partial charge on any atom is -0.273 e. The second kappa shape index (κ2) is 9.87. The normalized spacial score (nSPS) is 11.6. The maximum Gasteiger partial charge on any atom is 0.240 e. The van der Waals surface area contributed by atoms with Gasteiger partial charge in [-0.2, -0.15) is 0 Å². The lowest BCUT2D eigenvalue weighted by Gasteiger charge is -2.14.